The van der Waals surface area contributed by atoms with E-state index in [1.54, 1.807) is 6.07 Å². The highest BCUT2D eigenvalue weighted by molar-refractivity contribution is 9.10. The van der Waals surface area contributed by atoms with Gasteiger partial charge in [0.15, 0.2) is 0 Å². The summed E-state index contributed by atoms with van der Waals surface area (Å²) in [5, 5.41) is 8.83. The van der Waals surface area contributed by atoms with Gasteiger partial charge in [0.05, 0.1) is 28.0 Å². The first-order valence-corrected chi connectivity index (χ1v) is 8.27. The van der Waals surface area contributed by atoms with Crippen molar-refractivity contribution >= 4 is 48.9 Å². The third-order valence-corrected chi connectivity index (χ3v) is 5.17. The van der Waals surface area contributed by atoms with Gasteiger partial charge < -0.3 is 5.73 Å². The number of nitrogens with two attached hydrogens (primary N) is 1. The molecule has 0 bridgehead atoms. The minimum atomic E-state index is -3.94. The number of hydrogen-bond acceptors (Lipinski definition) is 4. The van der Waals surface area contributed by atoms with Crippen LogP contribution in [0.3, 0.4) is 0 Å². The Hall–Kier alpha value is -1.75. The minimum Gasteiger partial charge on any atom is -0.398 e. The second kappa shape index (κ2) is 5.93. The average molecular weight is 387 g/mol. The fraction of sp³-hybridized carbons (Fsp3) is 0. The number of nitrogens with zero attached hydrogens (tertiary/aromatic N) is 1. The molecular weight excluding hydrogens is 378 g/mol. The quantitative estimate of drug-likeness (QED) is 0.791. The summed E-state index contributed by atoms with van der Waals surface area (Å²) in [5.41, 5.74) is 6.43. The van der Waals surface area contributed by atoms with Crippen molar-refractivity contribution in [2.24, 2.45) is 0 Å². The molecule has 0 saturated heterocycles. The molecule has 0 amide bonds. The standard InChI is InChI=1S/C13H9BrClN3O2S/c14-9-6-8(7-16)4-5-12(9)18-21(19,20)13-10(15)2-1-3-11(13)17/h1-6,18H,17H2. The van der Waals surface area contributed by atoms with E-state index in [9.17, 15) is 8.42 Å². The Morgan fingerprint density at radius 3 is 2.57 bits per heavy atom. The first kappa shape index (κ1) is 15.6. The van der Waals surface area contributed by atoms with Crippen molar-refractivity contribution in [3.8, 4) is 6.07 Å². The van der Waals surface area contributed by atoms with Crippen LogP contribution < -0.4 is 10.5 Å². The van der Waals surface area contributed by atoms with E-state index in [0.717, 1.165) is 0 Å². The average Bonchev–Trinajstić information content (AvgIpc) is 2.40. The molecule has 0 aliphatic rings. The molecule has 5 nitrogen and oxygen atoms in total. The van der Waals surface area contributed by atoms with Gasteiger partial charge in [-0.15, -0.1) is 0 Å². The molecule has 0 saturated carbocycles. The highest BCUT2D eigenvalue weighted by Gasteiger charge is 2.22. The van der Waals surface area contributed by atoms with Crippen molar-refractivity contribution < 1.29 is 8.42 Å². The fourth-order valence-electron chi connectivity index (χ4n) is 1.67. The number of anilines is 2. The molecule has 0 spiro atoms. The first-order chi connectivity index (χ1) is 9.85. The Kier molecular flexibility index (Phi) is 4.42. The second-order valence-corrected chi connectivity index (χ2v) is 6.95. The third kappa shape index (κ3) is 3.29. The number of rotatable bonds is 3. The summed E-state index contributed by atoms with van der Waals surface area (Å²) in [6.07, 6.45) is 0. The molecule has 2 rings (SSSR count). The Morgan fingerprint density at radius 2 is 2.00 bits per heavy atom. The number of nitrogen functional groups attached to an aromatic ring is 1. The van der Waals surface area contributed by atoms with Crippen molar-refractivity contribution in [1.82, 2.24) is 0 Å². The summed E-state index contributed by atoms with van der Waals surface area (Å²) >= 11 is 9.12. The maximum atomic E-state index is 12.4. The predicted molar refractivity (Wildman–Crippen MR) is 85.5 cm³/mol. The van der Waals surface area contributed by atoms with Gasteiger partial charge in [-0.25, -0.2) is 8.42 Å². The Bertz CT molecular complexity index is 827. The van der Waals surface area contributed by atoms with Gasteiger partial charge in [-0.05, 0) is 46.3 Å². The van der Waals surface area contributed by atoms with Crippen LogP contribution in [-0.2, 0) is 10.0 Å². The molecule has 0 unspecified atom stereocenters. The Morgan fingerprint density at radius 1 is 1.29 bits per heavy atom. The van der Waals surface area contributed by atoms with Gasteiger partial charge in [0.25, 0.3) is 10.0 Å². The molecule has 8 heteroatoms. The van der Waals surface area contributed by atoms with Crippen LogP contribution in [0.1, 0.15) is 5.56 Å². The number of halogens is 2. The van der Waals surface area contributed by atoms with Gasteiger partial charge in [0.2, 0.25) is 0 Å². The summed E-state index contributed by atoms with van der Waals surface area (Å²) < 4.78 is 27.6. The molecule has 2 aromatic rings. The zero-order valence-electron chi connectivity index (χ0n) is 10.5. The van der Waals surface area contributed by atoms with Crippen molar-refractivity contribution in [3.63, 3.8) is 0 Å². The maximum absolute atomic E-state index is 12.4. The monoisotopic (exact) mass is 385 g/mol. The summed E-state index contributed by atoms with van der Waals surface area (Å²) in [6, 6.07) is 10.9. The molecule has 0 atom stereocenters. The SMILES string of the molecule is N#Cc1ccc(NS(=O)(=O)c2c(N)cccc2Cl)c(Br)c1. The molecule has 0 fully saturated rings. The lowest BCUT2D eigenvalue weighted by Crippen LogP contribution is -2.15. The normalized spacial score (nSPS) is 10.9. The smallest absolute Gasteiger partial charge is 0.265 e. The van der Waals surface area contributed by atoms with Crippen LogP contribution in [0.4, 0.5) is 11.4 Å². The molecule has 3 N–H and O–H groups in total. The lowest BCUT2D eigenvalue weighted by atomic mass is 10.2. The van der Waals surface area contributed by atoms with Crippen LogP contribution in [-0.4, -0.2) is 8.42 Å². The molecule has 0 aliphatic carbocycles. The number of hydrogen-bond donors (Lipinski definition) is 2. The molecule has 108 valence electrons. The van der Waals surface area contributed by atoms with Gasteiger partial charge in [-0.1, -0.05) is 17.7 Å². The van der Waals surface area contributed by atoms with Gasteiger partial charge >= 0.3 is 0 Å². The van der Waals surface area contributed by atoms with Crippen LogP contribution in [0.25, 0.3) is 0 Å². The van der Waals surface area contributed by atoms with Gasteiger partial charge in [0, 0.05) is 4.47 Å². The molecule has 0 aromatic heterocycles. The second-order valence-electron chi connectivity index (χ2n) is 4.07. The number of nitrogens with one attached hydrogen (secondary N) is 1. The third-order valence-electron chi connectivity index (χ3n) is 2.61. The first-order valence-electron chi connectivity index (χ1n) is 5.61. The zero-order valence-corrected chi connectivity index (χ0v) is 13.6. The van der Waals surface area contributed by atoms with E-state index in [-0.39, 0.29) is 21.3 Å². The highest BCUT2D eigenvalue weighted by Crippen LogP contribution is 2.31. The van der Waals surface area contributed by atoms with Crippen LogP contribution in [0.2, 0.25) is 5.02 Å². The Labute approximate surface area is 135 Å². The fourth-order valence-corrected chi connectivity index (χ4v) is 4.04. The summed E-state index contributed by atoms with van der Waals surface area (Å²) in [4.78, 5) is -0.178. The van der Waals surface area contributed by atoms with Crippen LogP contribution in [0, 0.1) is 11.3 Å². The van der Waals surface area contributed by atoms with Crippen molar-refractivity contribution in [3.05, 3.63) is 51.5 Å². The molecular formula is C13H9BrClN3O2S. The van der Waals surface area contributed by atoms with E-state index >= 15 is 0 Å². The molecule has 21 heavy (non-hydrogen) atoms. The summed E-state index contributed by atoms with van der Waals surface area (Å²) in [6.45, 7) is 0. The van der Waals surface area contributed by atoms with Crippen LogP contribution in [0.5, 0.6) is 0 Å². The van der Waals surface area contributed by atoms with Gasteiger partial charge in [-0.3, -0.25) is 4.72 Å². The predicted octanol–water partition coefficient (Wildman–Crippen LogP) is 3.36. The maximum Gasteiger partial charge on any atom is 0.265 e. The largest absolute Gasteiger partial charge is 0.398 e. The van der Waals surface area contributed by atoms with E-state index in [0.29, 0.717) is 10.0 Å². The molecule has 2 aromatic carbocycles. The van der Waals surface area contributed by atoms with Crippen molar-refractivity contribution in [2.75, 3.05) is 10.5 Å². The van der Waals surface area contributed by atoms with Crippen molar-refractivity contribution in [1.29, 1.82) is 5.26 Å². The number of nitriles is 1. The van der Waals surface area contributed by atoms with Gasteiger partial charge in [0.1, 0.15) is 4.90 Å². The number of sulfonamides is 1. The number of benzene rings is 2. The molecule has 0 heterocycles. The van der Waals surface area contributed by atoms with Crippen LogP contribution >= 0.6 is 27.5 Å². The minimum absolute atomic E-state index is 0.0345. The lowest BCUT2D eigenvalue weighted by Gasteiger charge is -2.12. The zero-order chi connectivity index (χ0) is 15.6. The van der Waals surface area contributed by atoms with E-state index in [4.69, 9.17) is 22.6 Å². The van der Waals surface area contributed by atoms with Crippen LogP contribution in [0.15, 0.2) is 45.8 Å². The van der Waals surface area contributed by atoms with Gasteiger partial charge in [-0.2, -0.15) is 5.26 Å². The van der Waals surface area contributed by atoms with E-state index in [2.05, 4.69) is 20.7 Å². The highest BCUT2D eigenvalue weighted by atomic mass is 79.9. The topological polar surface area (TPSA) is 96.0 Å². The summed E-state index contributed by atoms with van der Waals surface area (Å²) in [7, 11) is -3.94. The van der Waals surface area contributed by atoms with E-state index < -0.39 is 10.0 Å². The molecule has 0 radical (unpaired) electrons. The Balaban J connectivity index is 2.46. The van der Waals surface area contributed by atoms with E-state index in [1.165, 1.54) is 30.3 Å². The lowest BCUT2D eigenvalue weighted by molar-refractivity contribution is 0.601. The van der Waals surface area contributed by atoms with Crippen molar-refractivity contribution in [2.45, 2.75) is 4.90 Å². The molecule has 0 aliphatic heterocycles. The summed E-state index contributed by atoms with van der Waals surface area (Å²) in [5.74, 6) is 0. The van der Waals surface area contributed by atoms with E-state index in [1.807, 2.05) is 6.07 Å².